The van der Waals surface area contributed by atoms with Gasteiger partial charge in [-0.15, -0.1) is 0 Å². The van der Waals surface area contributed by atoms with Gasteiger partial charge in [0, 0.05) is 13.1 Å². The van der Waals surface area contributed by atoms with E-state index in [9.17, 15) is 4.79 Å². The van der Waals surface area contributed by atoms with Crippen LogP contribution in [0, 0.1) is 0 Å². The maximum Gasteiger partial charge on any atom is 0.226 e. The van der Waals surface area contributed by atoms with Crippen molar-refractivity contribution in [1.82, 2.24) is 4.90 Å². The minimum absolute atomic E-state index is 0.174. The van der Waals surface area contributed by atoms with Gasteiger partial charge in [-0.2, -0.15) is 0 Å². The molecule has 1 aromatic carbocycles. The molecule has 0 aliphatic heterocycles. The van der Waals surface area contributed by atoms with Gasteiger partial charge in [-0.05, 0) is 45.4 Å². The molecule has 0 fully saturated rings. The van der Waals surface area contributed by atoms with Crippen molar-refractivity contribution >= 4 is 5.91 Å². The number of hydrogen-bond acceptors (Lipinski definition) is 2. The van der Waals surface area contributed by atoms with Gasteiger partial charge in [-0.25, -0.2) is 0 Å². The van der Waals surface area contributed by atoms with Gasteiger partial charge >= 0.3 is 0 Å². The van der Waals surface area contributed by atoms with E-state index in [1.165, 1.54) is 0 Å². The Labute approximate surface area is 110 Å². The summed E-state index contributed by atoms with van der Waals surface area (Å²) in [6, 6.07) is 7.76. The third-order valence-corrected chi connectivity index (χ3v) is 2.77. The SMILES string of the molecule is CCN(CC)C(=O)Cc1ccc(OC(C)C)cc1. The summed E-state index contributed by atoms with van der Waals surface area (Å²) in [5, 5.41) is 0. The first-order valence-electron chi connectivity index (χ1n) is 6.60. The molecule has 100 valence electrons. The number of carbonyl (C=O) groups excluding carboxylic acids is 1. The number of hydrogen-bond donors (Lipinski definition) is 0. The monoisotopic (exact) mass is 249 g/mol. The van der Waals surface area contributed by atoms with E-state index >= 15 is 0 Å². The van der Waals surface area contributed by atoms with Crippen LogP contribution in [0.15, 0.2) is 24.3 Å². The first-order valence-corrected chi connectivity index (χ1v) is 6.60. The number of likely N-dealkylation sites (N-methyl/N-ethyl adjacent to an activating group) is 1. The highest BCUT2D eigenvalue weighted by Crippen LogP contribution is 2.14. The molecule has 18 heavy (non-hydrogen) atoms. The smallest absolute Gasteiger partial charge is 0.226 e. The minimum Gasteiger partial charge on any atom is -0.491 e. The summed E-state index contributed by atoms with van der Waals surface area (Å²) < 4.78 is 5.57. The van der Waals surface area contributed by atoms with Crippen molar-refractivity contribution in [3.8, 4) is 5.75 Å². The van der Waals surface area contributed by atoms with Crippen LogP contribution in [0.1, 0.15) is 33.3 Å². The minimum atomic E-state index is 0.174. The fourth-order valence-corrected chi connectivity index (χ4v) is 1.82. The summed E-state index contributed by atoms with van der Waals surface area (Å²) >= 11 is 0. The van der Waals surface area contributed by atoms with E-state index in [0.29, 0.717) is 6.42 Å². The number of amides is 1. The molecule has 3 nitrogen and oxygen atoms in total. The standard InChI is InChI=1S/C15H23NO2/c1-5-16(6-2)15(17)11-13-7-9-14(10-8-13)18-12(3)4/h7-10,12H,5-6,11H2,1-4H3. The third kappa shape index (κ3) is 4.40. The Morgan fingerprint density at radius 1 is 1.17 bits per heavy atom. The summed E-state index contributed by atoms with van der Waals surface area (Å²) in [6.45, 7) is 9.53. The van der Waals surface area contributed by atoms with Crippen molar-refractivity contribution in [1.29, 1.82) is 0 Å². The normalized spacial score (nSPS) is 10.5. The van der Waals surface area contributed by atoms with Crippen LogP contribution in [0.3, 0.4) is 0 Å². The van der Waals surface area contributed by atoms with Crippen molar-refractivity contribution in [3.05, 3.63) is 29.8 Å². The lowest BCUT2D eigenvalue weighted by Gasteiger charge is -2.18. The molecule has 0 N–H and O–H groups in total. The van der Waals surface area contributed by atoms with Crippen molar-refractivity contribution in [2.45, 2.75) is 40.2 Å². The maximum absolute atomic E-state index is 11.9. The average molecular weight is 249 g/mol. The van der Waals surface area contributed by atoms with E-state index in [2.05, 4.69) is 0 Å². The van der Waals surface area contributed by atoms with E-state index in [4.69, 9.17) is 4.74 Å². The Morgan fingerprint density at radius 2 is 1.72 bits per heavy atom. The van der Waals surface area contributed by atoms with Gasteiger partial charge in [-0.3, -0.25) is 4.79 Å². The number of nitrogens with zero attached hydrogens (tertiary/aromatic N) is 1. The third-order valence-electron chi connectivity index (χ3n) is 2.77. The Morgan fingerprint density at radius 3 is 2.17 bits per heavy atom. The zero-order valence-corrected chi connectivity index (χ0v) is 11.8. The lowest BCUT2D eigenvalue weighted by molar-refractivity contribution is -0.130. The Kier molecular flexibility index (Phi) is 5.69. The molecule has 0 aromatic heterocycles. The average Bonchev–Trinajstić information content (AvgIpc) is 2.32. The highest BCUT2D eigenvalue weighted by molar-refractivity contribution is 5.78. The van der Waals surface area contributed by atoms with Gasteiger partial charge < -0.3 is 9.64 Å². The van der Waals surface area contributed by atoms with Gasteiger partial charge in [-0.1, -0.05) is 12.1 Å². The molecule has 1 rings (SSSR count). The second-order valence-electron chi connectivity index (χ2n) is 4.55. The van der Waals surface area contributed by atoms with Crippen LogP contribution in [0.25, 0.3) is 0 Å². The Bertz CT molecular complexity index is 367. The molecule has 0 atom stereocenters. The van der Waals surface area contributed by atoms with E-state index in [1.54, 1.807) is 0 Å². The fraction of sp³-hybridized carbons (Fsp3) is 0.533. The van der Waals surface area contributed by atoms with Gasteiger partial charge in [0.1, 0.15) is 5.75 Å². The molecule has 1 amide bonds. The first kappa shape index (κ1) is 14.6. The van der Waals surface area contributed by atoms with Crippen LogP contribution >= 0.6 is 0 Å². The van der Waals surface area contributed by atoms with Crippen molar-refractivity contribution in [2.24, 2.45) is 0 Å². The van der Waals surface area contributed by atoms with E-state index in [1.807, 2.05) is 56.9 Å². The first-order chi connectivity index (χ1) is 8.56. The van der Waals surface area contributed by atoms with Gasteiger partial charge in [0.25, 0.3) is 0 Å². The predicted octanol–water partition coefficient (Wildman–Crippen LogP) is 2.88. The predicted molar refractivity (Wildman–Crippen MR) is 73.8 cm³/mol. The van der Waals surface area contributed by atoms with E-state index in [-0.39, 0.29) is 12.0 Å². The zero-order valence-electron chi connectivity index (χ0n) is 11.8. The summed E-state index contributed by atoms with van der Waals surface area (Å²) in [7, 11) is 0. The van der Waals surface area contributed by atoms with Crippen LogP contribution in [-0.2, 0) is 11.2 Å². The fourth-order valence-electron chi connectivity index (χ4n) is 1.82. The number of ether oxygens (including phenoxy) is 1. The molecule has 1 aromatic rings. The van der Waals surface area contributed by atoms with Crippen LogP contribution in [-0.4, -0.2) is 30.0 Å². The molecule has 0 saturated heterocycles. The highest BCUT2D eigenvalue weighted by atomic mass is 16.5. The van der Waals surface area contributed by atoms with E-state index in [0.717, 1.165) is 24.4 Å². The maximum atomic E-state index is 11.9. The number of benzene rings is 1. The number of rotatable bonds is 6. The second-order valence-corrected chi connectivity index (χ2v) is 4.55. The lowest BCUT2D eigenvalue weighted by Crippen LogP contribution is -2.31. The number of carbonyl (C=O) groups is 1. The lowest BCUT2D eigenvalue weighted by atomic mass is 10.1. The van der Waals surface area contributed by atoms with Crippen LogP contribution < -0.4 is 4.74 Å². The van der Waals surface area contributed by atoms with Gasteiger partial charge in [0.2, 0.25) is 5.91 Å². The molecule has 0 spiro atoms. The molecule has 0 unspecified atom stereocenters. The van der Waals surface area contributed by atoms with Gasteiger partial charge in [0.05, 0.1) is 12.5 Å². The van der Waals surface area contributed by atoms with Crippen LogP contribution in [0.2, 0.25) is 0 Å². The van der Waals surface area contributed by atoms with E-state index < -0.39 is 0 Å². The van der Waals surface area contributed by atoms with Crippen molar-refractivity contribution < 1.29 is 9.53 Å². The zero-order chi connectivity index (χ0) is 13.5. The summed E-state index contributed by atoms with van der Waals surface area (Å²) in [4.78, 5) is 13.8. The molecular formula is C15H23NO2. The molecule has 0 radical (unpaired) electrons. The van der Waals surface area contributed by atoms with Crippen molar-refractivity contribution in [3.63, 3.8) is 0 Å². The Balaban J connectivity index is 2.60. The molecule has 0 saturated carbocycles. The highest BCUT2D eigenvalue weighted by Gasteiger charge is 2.10. The topological polar surface area (TPSA) is 29.5 Å². The summed E-state index contributed by atoms with van der Waals surface area (Å²) in [5.74, 6) is 1.03. The summed E-state index contributed by atoms with van der Waals surface area (Å²) in [5.41, 5.74) is 1.03. The second kappa shape index (κ2) is 7.04. The van der Waals surface area contributed by atoms with Gasteiger partial charge in [0.15, 0.2) is 0 Å². The quantitative estimate of drug-likeness (QED) is 0.776. The summed E-state index contributed by atoms with van der Waals surface area (Å²) in [6.07, 6.45) is 0.636. The van der Waals surface area contributed by atoms with Crippen molar-refractivity contribution in [2.75, 3.05) is 13.1 Å². The molecule has 0 aliphatic carbocycles. The molecular weight excluding hydrogens is 226 g/mol. The van der Waals surface area contributed by atoms with Crippen LogP contribution in [0.5, 0.6) is 5.75 Å². The molecule has 0 heterocycles. The molecule has 0 aliphatic rings. The molecule has 3 heteroatoms. The van der Waals surface area contributed by atoms with Crippen LogP contribution in [0.4, 0.5) is 0 Å². The molecule has 0 bridgehead atoms. The largest absolute Gasteiger partial charge is 0.491 e. The Hall–Kier alpha value is -1.51.